The van der Waals surface area contributed by atoms with E-state index in [1.807, 2.05) is 20.0 Å². The normalized spacial score (nSPS) is 19.7. The maximum atomic E-state index is 9.20. The number of benzene rings is 1. The summed E-state index contributed by atoms with van der Waals surface area (Å²) in [5.74, 6) is 0. The first-order valence-corrected chi connectivity index (χ1v) is 6.79. The molecule has 1 N–H and O–H groups in total. The molecule has 0 spiro atoms. The van der Waals surface area contributed by atoms with Crippen LogP contribution in [0.1, 0.15) is 6.92 Å². The van der Waals surface area contributed by atoms with E-state index in [-0.39, 0.29) is 0 Å². The smallest absolute Gasteiger partial charge is 0.116 e. The lowest BCUT2D eigenvalue weighted by Gasteiger charge is -2.38. The molecule has 1 aromatic rings. The van der Waals surface area contributed by atoms with Crippen LogP contribution in [0.5, 0.6) is 0 Å². The van der Waals surface area contributed by atoms with Crippen molar-refractivity contribution in [2.24, 2.45) is 0 Å². The second kappa shape index (κ2) is 6.05. The van der Waals surface area contributed by atoms with Crippen molar-refractivity contribution in [3.05, 3.63) is 30.3 Å². The van der Waals surface area contributed by atoms with Crippen LogP contribution in [0.4, 0.5) is 5.69 Å². The number of para-hydroxylation sites is 1. The summed E-state index contributed by atoms with van der Waals surface area (Å²) in [6.45, 7) is 6.80. The quantitative estimate of drug-likeness (QED) is 0.884. The molecule has 1 saturated heterocycles. The van der Waals surface area contributed by atoms with Crippen LogP contribution in [-0.2, 0) is 0 Å². The zero-order valence-corrected chi connectivity index (χ0v) is 11.8. The number of hydrogen-bond donors (Lipinski definition) is 1. The summed E-state index contributed by atoms with van der Waals surface area (Å²) in [6, 6.07) is 12.9. The third-order valence-electron chi connectivity index (χ3n) is 3.83. The van der Waals surface area contributed by atoms with E-state index < -0.39 is 5.54 Å². The number of rotatable bonds is 4. The first-order valence-electron chi connectivity index (χ1n) is 6.79. The van der Waals surface area contributed by atoms with Crippen LogP contribution in [0, 0.1) is 11.3 Å². The molecule has 0 bridgehead atoms. The molecule has 1 heterocycles. The first-order chi connectivity index (χ1) is 9.17. The Kier molecular flexibility index (Phi) is 4.41. The fourth-order valence-corrected chi connectivity index (χ4v) is 2.42. The lowest BCUT2D eigenvalue weighted by atomic mass is 10.0. The molecular weight excluding hydrogens is 236 g/mol. The van der Waals surface area contributed by atoms with Gasteiger partial charge in [0.2, 0.25) is 0 Å². The minimum atomic E-state index is -0.449. The van der Waals surface area contributed by atoms with E-state index in [1.165, 1.54) is 5.69 Å². The highest BCUT2D eigenvalue weighted by atomic mass is 15.3. The summed E-state index contributed by atoms with van der Waals surface area (Å²) in [6.07, 6.45) is 0. The second-order valence-corrected chi connectivity index (χ2v) is 5.29. The molecule has 1 atom stereocenters. The zero-order valence-electron chi connectivity index (χ0n) is 11.8. The molecule has 2 rings (SSSR count). The summed E-state index contributed by atoms with van der Waals surface area (Å²) >= 11 is 0. The summed E-state index contributed by atoms with van der Waals surface area (Å²) in [7, 11) is 1.85. The highest BCUT2D eigenvalue weighted by Gasteiger charge is 2.27. The zero-order chi connectivity index (χ0) is 13.7. The number of piperazine rings is 1. The average Bonchev–Trinajstić information content (AvgIpc) is 2.49. The maximum absolute atomic E-state index is 9.20. The number of nitrogens with one attached hydrogen (secondary N) is 1. The lowest BCUT2D eigenvalue weighted by Crippen LogP contribution is -2.54. The largest absolute Gasteiger partial charge is 0.369 e. The predicted molar refractivity (Wildman–Crippen MR) is 78.2 cm³/mol. The molecule has 4 nitrogen and oxygen atoms in total. The van der Waals surface area contributed by atoms with Gasteiger partial charge in [-0.3, -0.25) is 4.90 Å². The van der Waals surface area contributed by atoms with Gasteiger partial charge in [0.05, 0.1) is 6.07 Å². The molecule has 1 unspecified atom stereocenters. The number of hydrogen-bond acceptors (Lipinski definition) is 4. The van der Waals surface area contributed by atoms with Gasteiger partial charge < -0.3 is 10.2 Å². The molecular formula is C15H22N4. The molecule has 0 amide bonds. The molecule has 19 heavy (non-hydrogen) atoms. The molecule has 1 aromatic carbocycles. The Hall–Kier alpha value is -1.57. The molecule has 4 heteroatoms. The van der Waals surface area contributed by atoms with Crippen molar-refractivity contribution in [2.75, 3.05) is 44.7 Å². The van der Waals surface area contributed by atoms with Crippen LogP contribution in [-0.4, -0.2) is 50.2 Å². The van der Waals surface area contributed by atoms with Crippen molar-refractivity contribution in [3.8, 4) is 6.07 Å². The van der Waals surface area contributed by atoms with E-state index in [1.54, 1.807) is 0 Å². The first kappa shape index (κ1) is 13.9. The third-order valence-corrected chi connectivity index (χ3v) is 3.83. The fourth-order valence-electron chi connectivity index (χ4n) is 2.42. The molecule has 1 aliphatic rings. The van der Waals surface area contributed by atoms with Gasteiger partial charge in [-0.25, -0.2) is 0 Å². The number of nitriles is 1. The molecule has 102 valence electrons. The van der Waals surface area contributed by atoms with Crippen molar-refractivity contribution in [1.29, 1.82) is 5.26 Å². The van der Waals surface area contributed by atoms with Gasteiger partial charge >= 0.3 is 0 Å². The summed E-state index contributed by atoms with van der Waals surface area (Å²) < 4.78 is 0. The topological polar surface area (TPSA) is 42.3 Å². The van der Waals surface area contributed by atoms with Gasteiger partial charge in [0.1, 0.15) is 5.54 Å². The fraction of sp³-hybridized carbons (Fsp3) is 0.533. The van der Waals surface area contributed by atoms with Crippen LogP contribution in [0.2, 0.25) is 0 Å². The molecule has 0 radical (unpaired) electrons. The minimum absolute atomic E-state index is 0.449. The van der Waals surface area contributed by atoms with Crippen molar-refractivity contribution in [1.82, 2.24) is 10.2 Å². The summed E-state index contributed by atoms with van der Waals surface area (Å²) in [5.41, 5.74) is 0.841. The maximum Gasteiger partial charge on any atom is 0.116 e. The average molecular weight is 258 g/mol. The van der Waals surface area contributed by atoms with Crippen LogP contribution < -0.4 is 10.2 Å². The van der Waals surface area contributed by atoms with Crippen molar-refractivity contribution < 1.29 is 0 Å². The van der Waals surface area contributed by atoms with E-state index in [0.717, 1.165) is 32.7 Å². The summed E-state index contributed by atoms with van der Waals surface area (Å²) in [5, 5.41) is 12.3. The van der Waals surface area contributed by atoms with E-state index in [2.05, 4.69) is 45.5 Å². The molecule has 0 aliphatic carbocycles. The van der Waals surface area contributed by atoms with Gasteiger partial charge in [-0.2, -0.15) is 5.26 Å². The summed E-state index contributed by atoms with van der Waals surface area (Å²) in [4.78, 5) is 4.76. The third kappa shape index (κ3) is 3.46. The molecule has 1 aliphatic heterocycles. The van der Waals surface area contributed by atoms with E-state index in [0.29, 0.717) is 0 Å². The molecule has 0 aromatic heterocycles. The Bertz CT molecular complexity index is 431. The van der Waals surface area contributed by atoms with Gasteiger partial charge in [0.15, 0.2) is 0 Å². The Morgan fingerprint density at radius 1 is 1.21 bits per heavy atom. The second-order valence-electron chi connectivity index (χ2n) is 5.29. The molecule has 0 saturated carbocycles. The van der Waals surface area contributed by atoms with Crippen LogP contribution in [0.15, 0.2) is 30.3 Å². The van der Waals surface area contributed by atoms with Gasteiger partial charge in [-0.05, 0) is 26.1 Å². The van der Waals surface area contributed by atoms with Crippen LogP contribution in [0.3, 0.4) is 0 Å². The predicted octanol–water partition coefficient (Wildman–Crippen LogP) is 1.31. The van der Waals surface area contributed by atoms with Crippen molar-refractivity contribution in [2.45, 2.75) is 12.5 Å². The number of anilines is 1. The number of likely N-dealkylation sites (N-methyl/N-ethyl adjacent to an activating group) is 1. The Balaban J connectivity index is 1.88. The van der Waals surface area contributed by atoms with Crippen molar-refractivity contribution in [3.63, 3.8) is 0 Å². The van der Waals surface area contributed by atoms with Gasteiger partial charge in [-0.15, -0.1) is 0 Å². The van der Waals surface area contributed by atoms with Gasteiger partial charge in [-0.1, -0.05) is 18.2 Å². The SMILES string of the molecule is CNC(C)(C#N)CN1CCN(c2ccccc2)CC1. The van der Waals surface area contributed by atoms with Crippen LogP contribution in [0.25, 0.3) is 0 Å². The standard InChI is InChI=1S/C15H22N4/c1-15(12-16,17-2)13-18-8-10-19(11-9-18)14-6-4-3-5-7-14/h3-7,17H,8-11,13H2,1-2H3. The van der Waals surface area contributed by atoms with Crippen molar-refractivity contribution >= 4 is 5.69 Å². The molecule has 1 fully saturated rings. The highest BCUT2D eigenvalue weighted by molar-refractivity contribution is 5.46. The van der Waals surface area contributed by atoms with E-state index >= 15 is 0 Å². The minimum Gasteiger partial charge on any atom is -0.369 e. The monoisotopic (exact) mass is 258 g/mol. The van der Waals surface area contributed by atoms with E-state index in [9.17, 15) is 5.26 Å². The highest BCUT2D eigenvalue weighted by Crippen LogP contribution is 2.16. The Morgan fingerprint density at radius 3 is 2.37 bits per heavy atom. The number of nitrogens with zero attached hydrogens (tertiary/aromatic N) is 3. The van der Waals surface area contributed by atoms with Gasteiger partial charge in [0.25, 0.3) is 0 Å². The van der Waals surface area contributed by atoms with Crippen LogP contribution >= 0.6 is 0 Å². The van der Waals surface area contributed by atoms with E-state index in [4.69, 9.17) is 0 Å². The lowest BCUT2D eigenvalue weighted by molar-refractivity contribution is 0.214. The Morgan fingerprint density at radius 2 is 1.84 bits per heavy atom. The van der Waals surface area contributed by atoms with Gasteiger partial charge in [0, 0.05) is 38.4 Å². The Labute approximate surface area is 115 Å².